The molecule has 0 spiro atoms. The Bertz CT molecular complexity index is 1170. The van der Waals surface area contributed by atoms with Gasteiger partial charge in [0.1, 0.15) is 12.7 Å². The molecule has 4 rings (SSSR count). The molecule has 3 aromatic rings. The van der Waals surface area contributed by atoms with Gasteiger partial charge in [0.25, 0.3) is 10.2 Å². The Morgan fingerprint density at radius 3 is 2.62 bits per heavy atom. The maximum absolute atomic E-state index is 11.6. The number of pyridine rings is 1. The molecule has 0 saturated carbocycles. The zero-order valence-corrected chi connectivity index (χ0v) is 19.7. The van der Waals surface area contributed by atoms with E-state index >= 15 is 0 Å². The van der Waals surface area contributed by atoms with E-state index < -0.39 is 16.3 Å². The van der Waals surface area contributed by atoms with Crippen molar-refractivity contribution < 1.29 is 17.9 Å². The summed E-state index contributed by atoms with van der Waals surface area (Å²) in [5.41, 5.74) is 4.09. The normalized spacial score (nSPS) is 17.3. The van der Waals surface area contributed by atoms with E-state index in [1.165, 1.54) is 9.87 Å². The highest BCUT2D eigenvalue weighted by atomic mass is 32.2. The number of nitrogens with zero attached hydrogens (tertiary/aromatic N) is 4. The summed E-state index contributed by atoms with van der Waals surface area (Å²) < 4.78 is 36.0. The van der Waals surface area contributed by atoms with Gasteiger partial charge in [0.15, 0.2) is 5.52 Å². The van der Waals surface area contributed by atoms with Gasteiger partial charge in [0, 0.05) is 31.0 Å². The van der Waals surface area contributed by atoms with Crippen LogP contribution in [0.3, 0.4) is 0 Å². The molecule has 2 aromatic heterocycles. The molecule has 3 heterocycles. The van der Waals surface area contributed by atoms with Crippen LogP contribution in [-0.4, -0.2) is 60.1 Å². The van der Waals surface area contributed by atoms with Crippen LogP contribution in [0.2, 0.25) is 0 Å². The zero-order valence-electron chi connectivity index (χ0n) is 17.9. The minimum absolute atomic E-state index is 0. The van der Waals surface area contributed by atoms with E-state index in [1.54, 1.807) is 12.4 Å². The van der Waals surface area contributed by atoms with Gasteiger partial charge in [-0.25, -0.2) is 15.1 Å². The maximum Gasteiger partial charge on any atom is 0.277 e. The smallest absolute Gasteiger partial charge is 0.277 e. The van der Waals surface area contributed by atoms with Crippen LogP contribution >= 0.6 is 13.5 Å². The molecule has 9 nitrogen and oxygen atoms in total. The number of aromatic nitrogens is 3. The third kappa shape index (κ3) is 5.54. The van der Waals surface area contributed by atoms with Crippen molar-refractivity contribution in [3.05, 3.63) is 48.3 Å². The Hall–Kier alpha value is -2.31. The first-order valence-electron chi connectivity index (χ1n) is 10.1. The molecule has 0 bridgehead atoms. The van der Waals surface area contributed by atoms with Crippen molar-refractivity contribution >= 4 is 34.7 Å². The molecule has 1 fully saturated rings. The van der Waals surface area contributed by atoms with Gasteiger partial charge in [-0.05, 0) is 17.5 Å². The third-order valence-electron chi connectivity index (χ3n) is 5.17. The minimum atomic E-state index is -3.77. The molecule has 32 heavy (non-hydrogen) atoms. The standard InChI is InChI=1S/C21H25N5O4S.H2S/c1-14(2)15-3-5-16(6-4-15)18-11-19-20(24-8-7-23-19)21(25-18)30-13-17-12-26(9-10-29-17)31(22,27)28;/h3-8,11,14,17H,9-10,12-13H2,1-2H3,(H2,22,27,28);1H2/t17-;/m0./s1. The van der Waals surface area contributed by atoms with Gasteiger partial charge in [-0.2, -0.15) is 26.2 Å². The first kappa shape index (κ1) is 24.3. The Kier molecular flexibility index (Phi) is 7.67. The highest BCUT2D eigenvalue weighted by Gasteiger charge is 2.27. The Balaban J connectivity index is 0.00000289. The van der Waals surface area contributed by atoms with Gasteiger partial charge in [-0.1, -0.05) is 38.1 Å². The molecule has 0 unspecified atom stereocenters. The van der Waals surface area contributed by atoms with Crippen molar-refractivity contribution in [3.63, 3.8) is 0 Å². The van der Waals surface area contributed by atoms with Crippen LogP contribution in [0.1, 0.15) is 25.3 Å². The first-order chi connectivity index (χ1) is 14.8. The number of fused-ring (bicyclic) bond motifs is 1. The summed E-state index contributed by atoms with van der Waals surface area (Å²) in [7, 11) is -3.77. The molecular formula is C21H27N5O4S2. The molecule has 1 atom stereocenters. The fourth-order valence-corrected chi connectivity index (χ4v) is 4.13. The average Bonchev–Trinajstić information content (AvgIpc) is 2.77. The van der Waals surface area contributed by atoms with E-state index in [4.69, 9.17) is 14.6 Å². The predicted molar refractivity (Wildman–Crippen MR) is 127 cm³/mol. The lowest BCUT2D eigenvalue weighted by molar-refractivity contribution is -0.0254. The van der Waals surface area contributed by atoms with Gasteiger partial charge in [-0.15, -0.1) is 0 Å². The topological polar surface area (TPSA) is 121 Å². The maximum atomic E-state index is 11.6. The molecule has 1 aromatic carbocycles. The highest BCUT2D eigenvalue weighted by Crippen LogP contribution is 2.28. The molecule has 2 N–H and O–H groups in total. The molecule has 1 aliphatic rings. The summed E-state index contributed by atoms with van der Waals surface area (Å²) in [5, 5.41) is 5.24. The summed E-state index contributed by atoms with van der Waals surface area (Å²) in [4.78, 5) is 13.4. The second-order valence-electron chi connectivity index (χ2n) is 7.72. The number of morpholine rings is 1. The summed E-state index contributed by atoms with van der Waals surface area (Å²) in [6.45, 7) is 5.01. The van der Waals surface area contributed by atoms with E-state index in [9.17, 15) is 8.42 Å². The SMILES string of the molecule is CC(C)c1ccc(-c2cc3nccnc3c(OC[C@@H]3CN(S(N)(=O)=O)CCO3)n2)cc1.S. The quantitative estimate of drug-likeness (QED) is 0.578. The monoisotopic (exact) mass is 477 g/mol. The molecule has 0 amide bonds. The fraction of sp³-hybridized carbons (Fsp3) is 0.381. The van der Waals surface area contributed by atoms with E-state index in [0.717, 1.165) is 5.56 Å². The van der Waals surface area contributed by atoms with Gasteiger partial charge >= 0.3 is 0 Å². The summed E-state index contributed by atoms with van der Waals surface area (Å²) in [5.74, 6) is 0.764. The number of hydrogen-bond donors (Lipinski definition) is 1. The lowest BCUT2D eigenvalue weighted by Gasteiger charge is -2.30. The van der Waals surface area contributed by atoms with Crippen LogP contribution < -0.4 is 9.88 Å². The number of ether oxygens (including phenoxy) is 2. The highest BCUT2D eigenvalue weighted by molar-refractivity contribution is 7.86. The number of benzene rings is 1. The molecule has 1 aliphatic heterocycles. The van der Waals surface area contributed by atoms with Crippen molar-refractivity contribution in [2.75, 3.05) is 26.3 Å². The van der Waals surface area contributed by atoms with Crippen molar-refractivity contribution in [2.45, 2.75) is 25.9 Å². The first-order valence-corrected chi connectivity index (χ1v) is 11.6. The number of nitrogens with two attached hydrogens (primary N) is 1. The molecule has 1 saturated heterocycles. The Morgan fingerprint density at radius 1 is 1.22 bits per heavy atom. The van der Waals surface area contributed by atoms with E-state index in [-0.39, 0.29) is 39.8 Å². The lowest BCUT2D eigenvalue weighted by Crippen LogP contribution is -2.49. The second kappa shape index (κ2) is 10.1. The summed E-state index contributed by atoms with van der Waals surface area (Å²) in [6, 6.07) is 10.1. The largest absolute Gasteiger partial charge is 0.473 e. The van der Waals surface area contributed by atoms with Gasteiger partial charge < -0.3 is 9.47 Å². The van der Waals surface area contributed by atoms with Crippen LogP contribution in [0, 0.1) is 0 Å². The third-order valence-corrected chi connectivity index (χ3v) is 6.22. The van der Waals surface area contributed by atoms with Gasteiger partial charge in [0.05, 0.1) is 17.8 Å². The van der Waals surface area contributed by atoms with Crippen LogP contribution in [0.25, 0.3) is 22.3 Å². The molecular weight excluding hydrogens is 450 g/mol. The van der Waals surface area contributed by atoms with Crippen LogP contribution in [0.4, 0.5) is 0 Å². The van der Waals surface area contributed by atoms with Crippen molar-refractivity contribution in [1.29, 1.82) is 0 Å². The molecule has 0 aliphatic carbocycles. The zero-order chi connectivity index (χ0) is 22.0. The Labute approximate surface area is 194 Å². The van der Waals surface area contributed by atoms with Crippen LogP contribution in [-0.2, 0) is 14.9 Å². The Morgan fingerprint density at radius 2 is 1.94 bits per heavy atom. The molecule has 172 valence electrons. The second-order valence-corrected chi connectivity index (χ2v) is 9.27. The predicted octanol–water partition coefficient (Wildman–Crippen LogP) is 2.21. The lowest BCUT2D eigenvalue weighted by atomic mass is 10.0. The molecule has 11 heteroatoms. The van der Waals surface area contributed by atoms with Crippen LogP contribution in [0.15, 0.2) is 42.7 Å². The molecule has 0 radical (unpaired) electrons. The van der Waals surface area contributed by atoms with Crippen LogP contribution in [0.5, 0.6) is 5.88 Å². The number of hydrogen-bond acceptors (Lipinski definition) is 7. The summed E-state index contributed by atoms with van der Waals surface area (Å²) in [6.07, 6.45) is 2.73. The summed E-state index contributed by atoms with van der Waals surface area (Å²) >= 11 is 0. The van der Waals surface area contributed by atoms with Gasteiger partial charge in [0.2, 0.25) is 5.88 Å². The van der Waals surface area contributed by atoms with Crippen molar-refractivity contribution in [3.8, 4) is 17.1 Å². The number of rotatable bonds is 6. The van der Waals surface area contributed by atoms with E-state index in [1.807, 2.05) is 18.2 Å². The van der Waals surface area contributed by atoms with Crippen molar-refractivity contribution in [1.82, 2.24) is 19.3 Å². The average molecular weight is 478 g/mol. The fourth-order valence-electron chi connectivity index (χ4n) is 3.43. The van der Waals surface area contributed by atoms with Crippen molar-refractivity contribution in [2.24, 2.45) is 5.14 Å². The van der Waals surface area contributed by atoms with Gasteiger partial charge in [-0.3, -0.25) is 4.98 Å². The minimum Gasteiger partial charge on any atom is -0.473 e. The van der Waals surface area contributed by atoms with E-state index in [0.29, 0.717) is 28.5 Å². The van der Waals surface area contributed by atoms with E-state index in [2.05, 4.69) is 40.9 Å².